The van der Waals surface area contributed by atoms with E-state index in [-0.39, 0.29) is 40.8 Å². The quantitative estimate of drug-likeness (QED) is 0.554. The lowest BCUT2D eigenvalue weighted by Crippen LogP contribution is -2.62. The topological polar surface area (TPSA) is 98.0 Å². The van der Waals surface area contributed by atoms with E-state index in [0.717, 1.165) is 44.9 Å². The van der Waals surface area contributed by atoms with Gasteiger partial charge in [0.15, 0.2) is 0 Å². The highest BCUT2D eigenvalue weighted by atomic mass is 16.4. The van der Waals surface area contributed by atoms with Gasteiger partial charge in [-0.1, -0.05) is 27.7 Å². The molecule has 5 nitrogen and oxygen atoms in total. The van der Waals surface area contributed by atoms with Crippen LogP contribution in [-0.4, -0.2) is 44.7 Å². The van der Waals surface area contributed by atoms with Gasteiger partial charge in [-0.2, -0.15) is 0 Å². The van der Waals surface area contributed by atoms with Gasteiger partial charge in [0.1, 0.15) is 0 Å². The zero-order chi connectivity index (χ0) is 22.0. The van der Waals surface area contributed by atoms with Gasteiger partial charge >= 0.3 is 5.97 Å². The van der Waals surface area contributed by atoms with Crippen LogP contribution in [0.4, 0.5) is 0 Å². The average Bonchev–Trinajstić information content (AvgIpc) is 3.02. The fourth-order valence-corrected chi connectivity index (χ4v) is 8.95. The lowest BCUT2D eigenvalue weighted by molar-refractivity contribution is -0.207. The van der Waals surface area contributed by atoms with E-state index in [1.165, 1.54) is 0 Å². The van der Waals surface area contributed by atoms with Gasteiger partial charge in [0, 0.05) is 0 Å². The maximum absolute atomic E-state index is 11.5. The lowest BCUT2D eigenvalue weighted by Gasteiger charge is -2.63. The van der Waals surface area contributed by atoms with Crippen molar-refractivity contribution in [1.82, 2.24) is 0 Å². The van der Waals surface area contributed by atoms with E-state index in [1.54, 1.807) is 6.92 Å². The lowest BCUT2D eigenvalue weighted by atomic mass is 9.43. The van der Waals surface area contributed by atoms with Crippen molar-refractivity contribution in [3.05, 3.63) is 0 Å². The molecule has 4 saturated carbocycles. The Morgan fingerprint density at radius 1 is 1.00 bits per heavy atom. The molecule has 4 rings (SSSR count). The molecule has 4 N–H and O–H groups in total. The molecular formula is C25H42O5. The van der Waals surface area contributed by atoms with Gasteiger partial charge in [-0.25, -0.2) is 0 Å². The minimum Gasteiger partial charge on any atom is -0.481 e. The number of carboxylic acid groups (broad SMARTS) is 1. The molecule has 0 aliphatic heterocycles. The molecule has 12 atom stereocenters. The number of aliphatic hydroxyl groups is 3. The Balaban J connectivity index is 1.61. The van der Waals surface area contributed by atoms with E-state index in [9.17, 15) is 25.2 Å². The van der Waals surface area contributed by atoms with Gasteiger partial charge in [-0.15, -0.1) is 0 Å². The van der Waals surface area contributed by atoms with E-state index in [0.29, 0.717) is 30.1 Å². The summed E-state index contributed by atoms with van der Waals surface area (Å²) in [5.41, 5.74) is -0.163. The van der Waals surface area contributed by atoms with Gasteiger partial charge in [0.05, 0.1) is 24.2 Å². The standard InChI is InChI=1S/C25H42O5/c1-13(9-14(2)23(29)30)17-5-6-18-22-19(12-21(28)25(17,18)4)24(3)8-7-16(26)10-15(24)11-20(22)27/h13-22,26-28H,5-12H2,1-4H3,(H,29,30)/t13-,14-,15?,16-,17-,18+,19+,20-,21+,22+,24+,25-/m1/s1. The maximum atomic E-state index is 11.5. The second-order valence-corrected chi connectivity index (χ2v) is 12.0. The zero-order valence-corrected chi connectivity index (χ0v) is 19.1. The van der Waals surface area contributed by atoms with Crippen LogP contribution in [0.15, 0.2) is 0 Å². The summed E-state index contributed by atoms with van der Waals surface area (Å²) in [6.07, 6.45) is 5.75. The summed E-state index contributed by atoms with van der Waals surface area (Å²) in [7, 11) is 0. The van der Waals surface area contributed by atoms with Crippen molar-refractivity contribution in [2.75, 3.05) is 0 Å². The summed E-state index contributed by atoms with van der Waals surface area (Å²) in [5.74, 6) is 0.567. The molecule has 5 heteroatoms. The zero-order valence-electron chi connectivity index (χ0n) is 19.1. The van der Waals surface area contributed by atoms with Crippen molar-refractivity contribution in [2.45, 2.75) is 97.4 Å². The number of aliphatic hydroxyl groups excluding tert-OH is 3. The van der Waals surface area contributed by atoms with Gasteiger partial charge in [0.25, 0.3) is 0 Å². The molecule has 0 aromatic rings. The molecule has 30 heavy (non-hydrogen) atoms. The Bertz CT molecular complexity index is 666. The van der Waals surface area contributed by atoms with Gasteiger partial charge in [-0.05, 0) is 97.7 Å². The molecular weight excluding hydrogens is 380 g/mol. The Morgan fingerprint density at radius 3 is 2.37 bits per heavy atom. The fraction of sp³-hybridized carbons (Fsp3) is 0.960. The maximum Gasteiger partial charge on any atom is 0.306 e. The summed E-state index contributed by atoms with van der Waals surface area (Å²) in [4.78, 5) is 11.4. The molecule has 4 aliphatic carbocycles. The number of carbonyl (C=O) groups is 1. The smallest absolute Gasteiger partial charge is 0.306 e. The van der Waals surface area contributed by atoms with Crippen LogP contribution in [0.1, 0.15) is 79.1 Å². The first kappa shape index (κ1) is 22.5. The molecule has 4 fully saturated rings. The molecule has 4 aliphatic rings. The third-order valence-corrected chi connectivity index (χ3v) is 10.7. The molecule has 0 amide bonds. The van der Waals surface area contributed by atoms with Gasteiger partial charge in [-0.3, -0.25) is 4.79 Å². The normalized spacial score (nSPS) is 52.6. The molecule has 1 unspecified atom stereocenters. The van der Waals surface area contributed by atoms with Crippen molar-refractivity contribution in [3.63, 3.8) is 0 Å². The summed E-state index contributed by atoms with van der Waals surface area (Å²) < 4.78 is 0. The highest BCUT2D eigenvalue weighted by Crippen LogP contribution is 2.68. The highest BCUT2D eigenvalue weighted by molar-refractivity contribution is 5.69. The van der Waals surface area contributed by atoms with Crippen LogP contribution in [0.5, 0.6) is 0 Å². The monoisotopic (exact) mass is 422 g/mol. The largest absolute Gasteiger partial charge is 0.481 e. The van der Waals surface area contributed by atoms with Crippen LogP contribution in [0, 0.1) is 52.3 Å². The number of carboxylic acids is 1. The summed E-state index contributed by atoms with van der Waals surface area (Å²) >= 11 is 0. The van der Waals surface area contributed by atoms with E-state index in [1.807, 2.05) is 0 Å². The summed E-state index contributed by atoms with van der Waals surface area (Å²) in [6, 6.07) is 0. The predicted molar refractivity (Wildman–Crippen MR) is 115 cm³/mol. The molecule has 0 saturated heterocycles. The van der Waals surface area contributed by atoms with Crippen LogP contribution in [0.2, 0.25) is 0 Å². The molecule has 0 aromatic carbocycles. The highest BCUT2D eigenvalue weighted by Gasteiger charge is 2.65. The number of fused-ring (bicyclic) bond motifs is 5. The summed E-state index contributed by atoms with van der Waals surface area (Å²) in [5, 5.41) is 42.4. The SMILES string of the molecule is C[C@H](C[C@@H](C)[C@H]1CC[C@H]2[C@@H]3[C@H](O)CC4C[C@H](O)CC[C@]4(C)[C@H]3C[C@H](O)[C@]12C)C(=O)O. The van der Waals surface area contributed by atoms with E-state index >= 15 is 0 Å². The predicted octanol–water partition coefficient (Wildman–Crippen LogP) is 3.69. The first-order valence-corrected chi connectivity index (χ1v) is 12.3. The minimum atomic E-state index is -0.744. The second-order valence-electron chi connectivity index (χ2n) is 12.0. The third-order valence-electron chi connectivity index (χ3n) is 10.7. The second kappa shape index (κ2) is 7.74. The molecule has 0 spiro atoms. The Labute approximate surface area is 181 Å². The number of hydrogen-bond acceptors (Lipinski definition) is 4. The fourth-order valence-electron chi connectivity index (χ4n) is 8.95. The van der Waals surface area contributed by atoms with Gasteiger partial charge < -0.3 is 20.4 Å². The van der Waals surface area contributed by atoms with Crippen LogP contribution in [0.3, 0.4) is 0 Å². The van der Waals surface area contributed by atoms with Crippen LogP contribution < -0.4 is 0 Å². The first-order valence-electron chi connectivity index (χ1n) is 12.3. The van der Waals surface area contributed by atoms with Crippen molar-refractivity contribution in [3.8, 4) is 0 Å². The Kier molecular flexibility index (Phi) is 5.81. The van der Waals surface area contributed by atoms with E-state index < -0.39 is 12.1 Å². The molecule has 0 heterocycles. The van der Waals surface area contributed by atoms with Crippen molar-refractivity contribution < 1.29 is 25.2 Å². The van der Waals surface area contributed by atoms with Crippen molar-refractivity contribution in [2.24, 2.45) is 52.3 Å². The molecule has 0 aromatic heterocycles. The van der Waals surface area contributed by atoms with E-state index in [2.05, 4.69) is 20.8 Å². The molecule has 172 valence electrons. The molecule has 0 radical (unpaired) electrons. The summed E-state index contributed by atoms with van der Waals surface area (Å²) in [6.45, 7) is 8.52. The number of aliphatic carboxylic acids is 1. The third kappa shape index (κ3) is 3.26. The average molecular weight is 423 g/mol. The van der Waals surface area contributed by atoms with Crippen LogP contribution >= 0.6 is 0 Å². The Hall–Kier alpha value is -0.650. The van der Waals surface area contributed by atoms with Gasteiger partial charge in [0.2, 0.25) is 0 Å². The number of hydrogen-bond donors (Lipinski definition) is 4. The first-order chi connectivity index (χ1) is 14.0. The van der Waals surface area contributed by atoms with E-state index in [4.69, 9.17) is 0 Å². The number of rotatable bonds is 4. The molecule has 0 bridgehead atoms. The van der Waals surface area contributed by atoms with Crippen LogP contribution in [0.25, 0.3) is 0 Å². The van der Waals surface area contributed by atoms with Crippen LogP contribution in [-0.2, 0) is 4.79 Å². The van der Waals surface area contributed by atoms with Crippen molar-refractivity contribution in [1.29, 1.82) is 0 Å². The van der Waals surface area contributed by atoms with Crippen molar-refractivity contribution >= 4 is 5.97 Å². The Morgan fingerprint density at radius 2 is 1.70 bits per heavy atom. The minimum absolute atomic E-state index is 0.0902.